The van der Waals surface area contributed by atoms with Gasteiger partial charge in [-0.3, -0.25) is 4.72 Å². The first-order valence-corrected chi connectivity index (χ1v) is 9.62. The van der Waals surface area contributed by atoms with Crippen LogP contribution in [0.2, 0.25) is 5.02 Å². The Hall–Kier alpha value is -0.960. The van der Waals surface area contributed by atoms with E-state index in [4.69, 9.17) is 21.1 Å². The molecule has 0 amide bonds. The molecule has 0 unspecified atom stereocenters. The Morgan fingerprint density at radius 2 is 1.70 bits per heavy atom. The maximum atomic E-state index is 12.6. The second kappa shape index (κ2) is 7.29. The van der Waals surface area contributed by atoms with E-state index in [9.17, 15) is 8.42 Å². The van der Waals surface area contributed by atoms with E-state index in [1.54, 1.807) is 12.1 Å². The Kier molecular flexibility index (Phi) is 5.83. The number of ether oxygens (including phenoxy) is 2. The predicted molar refractivity (Wildman–Crippen MR) is 97.2 cm³/mol. The summed E-state index contributed by atoms with van der Waals surface area (Å²) in [5, 5.41) is 0.263. The van der Waals surface area contributed by atoms with E-state index in [0.29, 0.717) is 20.4 Å². The van der Waals surface area contributed by atoms with E-state index in [2.05, 4.69) is 36.6 Å². The molecule has 0 saturated carbocycles. The Morgan fingerprint density at radius 3 is 2.30 bits per heavy atom. The molecule has 0 aromatic heterocycles. The molecule has 0 atom stereocenters. The zero-order chi connectivity index (χ0) is 17.2. The van der Waals surface area contributed by atoms with Crippen molar-refractivity contribution in [1.29, 1.82) is 0 Å². The van der Waals surface area contributed by atoms with Crippen molar-refractivity contribution in [1.82, 2.24) is 0 Å². The van der Waals surface area contributed by atoms with E-state index in [1.807, 2.05) is 0 Å². The minimum Gasteiger partial charge on any atom is -0.495 e. The van der Waals surface area contributed by atoms with Crippen molar-refractivity contribution in [2.24, 2.45) is 0 Å². The summed E-state index contributed by atoms with van der Waals surface area (Å²) in [5.74, 6) is 0.677. The molecule has 2 rings (SSSR count). The normalized spacial score (nSPS) is 11.2. The van der Waals surface area contributed by atoms with Crippen LogP contribution >= 0.6 is 43.5 Å². The number of halogens is 3. The van der Waals surface area contributed by atoms with Crippen LogP contribution in [0.3, 0.4) is 0 Å². The third-order valence-electron chi connectivity index (χ3n) is 2.90. The van der Waals surface area contributed by atoms with Gasteiger partial charge in [0.15, 0.2) is 0 Å². The second-order valence-corrected chi connectivity index (χ2v) is 8.20. The first kappa shape index (κ1) is 18.4. The molecule has 0 heterocycles. The number of nitrogens with one attached hydrogen (secondary N) is 1. The molecule has 0 aliphatic rings. The largest absolute Gasteiger partial charge is 0.495 e. The molecular formula is C14H12Br2ClNO4S. The lowest BCUT2D eigenvalue weighted by molar-refractivity contribution is 0.396. The Morgan fingerprint density at radius 1 is 1.04 bits per heavy atom. The van der Waals surface area contributed by atoms with E-state index in [0.717, 1.165) is 0 Å². The Labute approximate surface area is 156 Å². The number of methoxy groups -OCH3 is 2. The molecule has 124 valence electrons. The third-order valence-corrected chi connectivity index (χ3v) is 6.05. The summed E-state index contributed by atoms with van der Waals surface area (Å²) in [6, 6.07) is 7.80. The standard InChI is InChI=1S/C14H12Br2ClNO4S/c1-21-12-7-13(22-2)11(6-10(12)17)18-23(19,20)14-5-8(15)3-4-9(14)16/h3-7,18H,1-2H3. The van der Waals surface area contributed by atoms with Crippen LogP contribution in [0, 0.1) is 0 Å². The van der Waals surface area contributed by atoms with E-state index < -0.39 is 10.0 Å². The molecule has 5 nitrogen and oxygen atoms in total. The molecular weight excluding hydrogens is 473 g/mol. The molecule has 0 radical (unpaired) electrons. The van der Waals surface area contributed by atoms with Crippen LogP contribution in [0.5, 0.6) is 11.5 Å². The van der Waals surface area contributed by atoms with Crippen LogP contribution in [-0.4, -0.2) is 22.6 Å². The average Bonchev–Trinajstić information content (AvgIpc) is 2.49. The highest BCUT2D eigenvalue weighted by molar-refractivity contribution is 9.11. The topological polar surface area (TPSA) is 64.6 Å². The van der Waals surface area contributed by atoms with Gasteiger partial charge in [0.1, 0.15) is 16.4 Å². The number of hydrogen-bond donors (Lipinski definition) is 1. The van der Waals surface area contributed by atoms with Gasteiger partial charge in [-0.2, -0.15) is 0 Å². The lowest BCUT2D eigenvalue weighted by Gasteiger charge is -2.15. The van der Waals surface area contributed by atoms with Gasteiger partial charge in [-0.05, 0) is 40.2 Å². The maximum Gasteiger partial charge on any atom is 0.263 e. The summed E-state index contributed by atoms with van der Waals surface area (Å²) in [5.41, 5.74) is 0.213. The summed E-state index contributed by atoms with van der Waals surface area (Å²) >= 11 is 12.6. The molecule has 0 aliphatic carbocycles. The molecule has 0 fully saturated rings. The number of sulfonamides is 1. The highest BCUT2D eigenvalue weighted by Crippen LogP contribution is 2.37. The van der Waals surface area contributed by atoms with Crippen molar-refractivity contribution in [2.45, 2.75) is 4.90 Å². The summed E-state index contributed by atoms with van der Waals surface area (Å²) in [6.45, 7) is 0. The van der Waals surface area contributed by atoms with Crippen LogP contribution < -0.4 is 14.2 Å². The van der Waals surface area contributed by atoms with Gasteiger partial charge in [0.05, 0.1) is 24.9 Å². The molecule has 2 aromatic rings. The maximum absolute atomic E-state index is 12.6. The summed E-state index contributed by atoms with van der Waals surface area (Å²) in [4.78, 5) is 0.0841. The second-order valence-electron chi connectivity index (χ2n) is 4.37. The van der Waals surface area contributed by atoms with Gasteiger partial charge < -0.3 is 9.47 Å². The van der Waals surface area contributed by atoms with Crippen LogP contribution in [-0.2, 0) is 10.0 Å². The summed E-state index contributed by atoms with van der Waals surface area (Å²) < 4.78 is 39.1. The van der Waals surface area contributed by atoms with Gasteiger partial charge in [0.2, 0.25) is 0 Å². The lowest BCUT2D eigenvalue weighted by Crippen LogP contribution is -2.14. The fraction of sp³-hybridized carbons (Fsp3) is 0.143. The summed E-state index contributed by atoms with van der Waals surface area (Å²) in [7, 11) is -0.954. The van der Waals surface area contributed by atoms with Crippen molar-refractivity contribution in [3.05, 3.63) is 44.3 Å². The molecule has 2 aromatic carbocycles. The third kappa shape index (κ3) is 4.12. The smallest absolute Gasteiger partial charge is 0.263 e. The predicted octanol–water partition coefficient (Wildman–Crippen LogP) is 4.68. The quantitative estimate of drug-likeness (QED) is 0.668. The monoisotopic (exact) mass is 483 g/mol. The summed E-state index contributed by atoms with van der Waals surface area (Å²) in [6.07, 6.45) is 0. The van der Waals surface area contributed by atoms with Crippen molar-refractivity contribution < 1.29 is 17.9 Å². The van der Waals surface area contributed by atoms with Crippen molar-refractivity contribution in [3.63, 3.8) is 0 Å². The van der Waals surface area contributed by atoms with E-state index >= 15 is 0 Å². The first-order chi connectivity index (χ1) is 10.8. The van der Waals surface area contributed by atoms with Gasteiger partial charge in [-0.15, -0.1) is 0 Å². The minimum atomic E-state index is -3.84. The number of benzene rings is 2. The Bertz CT molecular complexity index is 843. The molecule has 0 spiro atoms. The number of rotatable bonds is 5. The highest BCUT2D eigenvalue weighted by Gasteiger charge is 2.21. The molecule has 0 bridgehead atoms. The molecule has 0 aliphatic heterocycles. The minimum absolute atomic E-state index is 0.0841. The fourth-order valence-electron chi connectivity index (χ4n) is 1.82. The van der Waals surface area contributed by atoms with Gasteiger partial charge in [0.25, 0.3) is 10.0 Å². The SMILES string of the molecule is COc1cc(OC)c(NS(=O)(=O)c2cc(Br)ccc2Br)cc1Cl. The fourth-order valence-corrected chi connectivity index (χ4v) is 4.63. The van der Waals surface area contributed by atoms with Crippen LogP contribution in [0.25, 0.3) is 0 Å². The lowest BCUT2D eigenvalue weighted by atomic mass is 10.3. The zero-order valence-electron chi connectivity index (χ0n) is 12.1. The van der Waals surface area contributed by atoms with Gasteiger partial charge in [-0.25, -0.2) is 8.42 Å². The highest BCUT2D eigenvalue weighted by atomic mass is 79.9. The first-order valence-electron chi connectivity index (χ1n) is 6.18. The number of hydrogen-bond acceptors (Lipinski definition) is 4. The van der Waals surface area contributed by atoms with Gasteiger partial charge in [0, 0.05) is 15.0 Å². The molecule has 9 heteroatoms. The molecule has 23 heavy (non-hydrogen) atoms. The van der Waals surface area contributed by atoms with Crippen molar-refractivity contribution in [3.8, 4) is 11.5 Å². The van der Waals surface area contributed by atoms with Gasteiger partial charge in [-0.1, -0.05) is 27.5 Å². The van der Waals surface area contributed by atoms with Gasteiger partial charge >= 0.3 is 0 Å². The average molecular weight is 486 g/mol. The van der Waals surface area contributed by atoms with E-state index in [-0.39, 0.29) is 15.6 Å². The molecule has 1 N–H and O–H groups in total. The zero-order valence-corrected chi connectivity index (χ0v) is 16.8. The van der Waals surface area contributed by atoms with Crippen LogP contribution in [0.15, 0.2) is 44.2 Å². The molecule has 0 saturated heterocycles. The Balaban J connectivity index is 2.49. The number of anilines is 1. The van der Waals surface area contributed by atoms with Crippen LogP contribution in [0.1, 0.15) is 0 Å². The van der Waals surface area contributed by atoms with Crippen LogP contribution in [0.4, 0.5) is 5.69 Å². The van der Waals surface area contributed by atoms with E-state index in [1.165, 1.54) is 32.4 Å². The van der Waals surface area contributed by atoms with Crippen molar-refractivity contribution in [2.75, 3.05) is 18.9 Å². The van der Waals surface area contributed by atoms with Crippen molar-refractivity contribution >= 4 is 59.2 Å².